The highest BCUT2D eigenvalue weighted by atomic mass is 79.9. The number of anilines is 1. The van der Waals surface area contributed by atoms with Gasteiger partial charge in [0.05, 0.1) is 11.3 Å². The first-order valence-electron chi connectivity index (χ1n) is 8.78. The lowest BCUT2D eigenvalue weighted by molar-refractivity contribution is 0.104. The van der Waals surface area contributed by atoms with E-state index in [-0.39, 0.29) is 5.69 Å². The SMILES string of the molecule is CCCSNc1ccc(F)c(C(=O)C2=CCCCc3ncc(Br)cc32)c1F. The predicted octanol–water partition coefficient (Wildman–Crippen LogP) is 6.20. The van der Waals surface area contributed by atoms with Gasteiger partial charge in [-0.05, 0) is 59.8 Å². The summed E-state index contributed by atoms with van der Waals surface area (Å²) in [4.78, 5) is 17.5. The number of Topliss-reactive ketones (excluding diaryl/α,β-unsaturated/α-hetero) is 1. The topological polar surface area (TPSA) is 42.0 Å². The van der Waals surface area contributed by atoms with Crippen molar-refractivity contribution < 1.29 is 13.6 Å². The van der Waals surface area contributed by atoms with E-state index in [4.69, 9.17) is 0 Å². The zero-order chi connectivity index (χ0) is 19.4. The zero-order valence-electron chi connectivity index (χ0n) is 14.8. The summed E-state index contributed by atoms with van der Waals surface area (Å²) in [7, 11) is 0. The van der Waals surface area contributed by atoms with E-state index in [2.05, 4.69) is 25.6 Å². The second-order valence-electron chi connectivity index (χ2n) is 6.22. The molecule has 142 valence electrons. The van der Waals surface area contributed by atoms with Gasteiger partial charge >= 0.3 is 0 Å². The quantitative estimate of drug-likeness (QED) is 0.322. The molecule has 0 fully saturated rings. The number of benzene rings is 1. The Balaban J connectivity index is 2.02. The lowest BCUT2D eigenvalue weighted by Gasteiger charge is -2.13. The van der Waals surface area contributed by atoms with Gasteiger partial charge in [-0.25, -0.2) is 8.78 Å². The van der Waals surface area contributed by atoms with E-state index in [1.54, 1.807) is 18.3 Å². The number of hydrogen-bond acceptors (Lipinski definition) is 4. The molecule has 0 spiro atoms. The lowest BCUT2D eigenvalue weighted by Crippen LogP contribution is -2.11. The summed E-state index contributed by atoms with van der Waals surface area (Å²) in [6.45, 7) is 2.01. The van der Waals surface area contributed by atoms with Crippen LogP contribution in [0.3, 0.4) is 0 Å². The fraction of sp³-hybridized carbons (Fsp3) is 0.300. The first-order valence-corrected chi connectivity index (χ1v) is 10.6. The van der Waals surface area contributed by atoms with Crippen LogP contribution in [0.4, 0.5) is 14.5 Å². The van der Waals surface area contributed by atoms with E-state index in [0.717, 1.165) is 36.8 Å². The van der Waals surface area contributed by atoms with Crippen molar-refractivity contribution in [1.82, 2.24) is 4.98 Å². The van der Waals surface area contributed by atoms with E-state index in [1.807, 2.05) is 6.92 Å². The Labute approximate surface area is 169 Å². The first-order chi connectivity index (χ1) is 13.0. The maximum Gasteiger partial charge on any atom is 0.199 e. The highest BCUT2D eigenvalue weighted by Crippen LogP contribution is 2.32. The summed E-state index contributed by atoms with van der Waals surface area (Å²) in [5.41, 5.74) is 1.27. The van der Waals surface area contributed by atoms with Crippen LogP contribution < -0.4 is 4.72 Å². The summed E-state index contributed by atoms with van der Waals surface area (Å²) in [5, 5.41) is 0. The molecule has 1 aromatic carbocycles. The number of halogens is 3. The molecule has 3 rings (SSSR count). The second kappa shape index (κ2) is 8.97. The maximum absolute atomic E-state index is 14.9. The number of aromatic nitrogens is 1. The van der Waals surface area contributed by atoms with Gasteiger partial charge in [0.1, 0.15) is 5.82 Å². The van der Waals surface area contributed by atoms with Crippen LogP contribution in [-0.2, 0) is 6.42 Å². The number of nitrogens with zero attached hydrogens (tertiary/aromatic N) is 1. The number of aryl methyl sites for hydroxylation is 1. The van der Waals surface area contributed by atoms with Crippen molar-refractivity contribution in [2.24, 2.45) is 0 Å². The van der Waals surface area contributed by atoms with Crippen molar-refractivity contribution in [1.29, 1.82) is 0 Å². The third kappa shape index (κ3) is 4.41. The van der Waals surface area contributed by atoms with Crippen molar-refractivity contribution in [3.05, 3.63) is 63.4 Å². The van der Waals surface area contributed by atoms with Crippen LogP contribution in [-0.4, -0.2) is 16.5 Å². The van der Waals surface area contributed by atoms with Crippen molar-refractivity contribution >= 4 is 44.9 Å². The molecule has 27 heavy (non-hydrogen) atoms. The predicted molar refractivity (Wildman–Crippen MR) is 110 cm³/mol. The summed E-state index contributed by atoms with van der Waals surface area (Å²) in [6.07, 6.45) is 6.55. The number of nitrogens with one attached hydrogen (secondary N) is 1. The third-order valence-corrected chi connectivity index (χ3v) is 5.65. The van der Waals surface area contributed by atoms with Gasteiger partial charge in [0, 0.05) is 33.3 Å². The normalized spacial score (nSPS) is 13.6. The maximum atomic E-state index is 14.9. The molecule has 7 heteroatoms. The van der Waals surface area contributed by atoms with Gasteiger partial charge in [-0.15, -0.1) is 0 Å². The Hall–Kier alpha value is -1.73. The molecule has 0 saturated heterocycles. The van der Waals surface area contributed by atoms with Crippen LogP contribution in [0.15, 0.2) is 34.9 Å². The standard InChI is InChI=1S/C20H19BrF2N2OS/c1-2-9-27-25-17-8-7-15(22)18(19(17)23)20(26)13-5-3-4-6-16-14(13)10-12(21)11-24-16/h5,7-8,10-11,25H,2-4,6,9H2,1H3. The van der Waals surface area contributed by atoms with E-state index >= 15 is 0 Å². The Morgan fingerprint density at radius 3 is 2.96 bits per heavy atom. The van der Waals surface area contributed by atoms with Gasteiger partial charge < -0.3 is 4.72 Å². The molecular formula is C20H19BrF2N2OS. The summed E-state index contributed by atoms with van der Waals surface area (Å²) in [6, 6.07) is 4.23. The molecule has 0 amide bonds. The highest BCUT2D eigenvalue weighted by Gasteiger charge is 2.27. The van der Waals surface area contributed by atoms with Gasteiger partial charge in [-0.2, -0.15) is 0 Å². The number of hydrogen-bond donors (Lipinski definition) is 1. The Morgan fingerprint density at radius 1 is 1.37 bits per heavy atom. The minimum atomic E-state index is -0.863. The molecule has 0 bridgehead atoms. The summed E-state index contributed by atoms with van der Waals surface area (Å²) >= 11 is 4.68. The number of carbonyl (C=O) groups is 1. The number of fused-ring (bicyclic) bond motifs is 1. The molecule has 3 nitrogen and oxygen atoms in total. The molecule has 0 unspecified atom stereocenters. The molecule has 1 aromatic heterocycles. The summed E-state index contributed by atoms with van der Waals surface area (Å²) < 4.78 is 32.9. The monoisotopic (exact) mass is 452 g/mol. The van der Waals surface area contributed by atoms with Crippen molar-refractivity contribution in [2.45, 2.75) is 32.6 Å². The van der Waals surface area contributed by atoms with Crippen molar-refractivity contribution in [2.75, 3.05) is 10.5 Å². The molecule has 0 radical (unpaired) electrons. The van der Waals surface area contributed by atoms with Crippen molar-refractivity contribution in [3.8, 4) is 0 Å². The smallest absolute Gasteiger partial charge is 0.199 e. The van der Waals surface area contributed by atoms with Crippen LogP contribution in [0.1, 0.15) is 47.8 Å². The van der Waals surface area contributed by atoms with Gasteiger partial charge in [0.25, 0.3) is 0 Å². The van der Waals surface area contributed by atoms with E-state index in [0.29, 0.717) is 22.0 Å². The van der Waals surface area contributed by atoms with Gasteiger partial charge in [-0.1, -0.05) is 24.9 Å². The van der Waals surface area contributed by atoms with Crippen molar-refractivity contribution in [3.63, 3.8) is 0 Å². The number of pyridine rings is 1. The van der Waals surface area contributed by atoms with Crippen LogP contribution in [0.2, 0.25) is 0 Å². The number of allylic oxidation sites excluding steroid dienone is 2. The number of ketones is 1. The molecule has 0 aliphatic heterocycles. The summed E-state index contributed by atoms with van der Waals surface area (Å²) in [5.74, 6) is -1.60. The Morgan fingerprint density at radius 2 is 2.19 bits per heavy atom. The van der Waals surface area contributed by atoms with E-state index in [1.165, 1.54) is 18.0 Å². The zero-order valence-corrected chi connectivity index (χ0v) is 17.2. The lowest BCUT2D eigenvalue weighted by atomic mass is 9.94. The minimum Gasteiger partial charge on any atom is -0.327 e. The van der Waals surface area contributed by atoms with E-state index in [9.17, 15) is 13.6 Å². The molecule has 2 aromatic rings. The van der Waals surface area contributed by atoms with Crippen LogP contribution in [0.25, 0.3) is 5.57 Å². The molecule has 1 heterocycles. The van der Waals surface area contributed by atoms with Gasteiger partial charge in [0.15, 0.2) is 11.6 Å². The van der Waals surface area contributed by atoms with Gasteiger partial charge in [0.2, 0.25) is 0 Å². The van der Waals surface area contributed by atoms with E-state index < -0.39 is 23.0 Å². The average Bonchev–Trinajstić information content (AvgIpc) is 2.85. The molecule has 1 aliphatic rings. The van der Waals surface area contributed by atoms with Crippen LogP contribution in [0.5, 0.6) is 0 Å². The first kappa shape index (κ1) is 20.0. The minimum absolute atomic E-state index is 0.111. The fourth-order valence-corrected chi connectivity index (χ4v) is 3.90. The fourth-order valence-electron chi connectivity index (χ4n) is 2.95. The Bertz CT molecular complexity index is 902. The molecule has 1 aliphatic carbocycles. The van der Waals surface area contributed by atoms with Crippen LogP contribution in [0, 0.1) is 11.6 Å². The highest BCUT2D eigenvalue weighted by molar-refractivity contribution is 9.10. The molecule has 0 atom stereocenters. The average molecular weight is 453 g/mol. The van der Waals surface area contributed by atoms with Gasteiger partial charge in [-0.3, -0.25) is 9.78 Å². The second-order valence-corrected chi connectivity index (χ2v) is 8.04. The Kier molecular flexibility index (Phi) is 6.65. The number of carbonyl (C=O) groups excluding carboxylic acids is 1. The molecule has 1 N–H and O–H groups in total. The number of rotatable bonds is 6. The largest absolute Gasteiger partial charge is 0.327 e. The third-order valence-electron chi connectivity index (χ3n) is 4.24. The molecular weight excluding hydrogens is 434 g/mol. The van der Waals surface area contributed by atoms with Crippen LogP contribution >= 0.6 is 27.9 Å². The molecule has 0 saturated carbocycles.